The van der Waals surface area contributed by atoms with Crippen molar-refractivity contribution in [1.29, 1.82) is 0 Å². The van der Waals surface area contributed by atoms with Crippen molar-refractivity contribution in [3.63, 3.8) is 0 Å². The molecule has 29 heavy (non-hydrogen) atoms. The standard InChI is InChI=1S/C21H24F2N2O3S/c1-2-24(15-16-6-5-7-18(22)14-16)21(26)17-10-12-25(13-11-17)29(27,28)20-9-4-3-8-19(20)23/h3-9,14,17H,2,10-13,15H2,1H3. The maximum atomic E-state index is 13.9. The minimum Gasteiger partial charge on any atom is -0.338 e. The first-order valence-electron chi connectivity index (χ1n) is 9.61. The summed E-state index contributed by atoms with van der Waals surface area (Å²) < 4.78 is 54.0. The van der Waals surface area contributed by atoms with Crippen molar-refractivity contribution in [2.45, 2.75) is 31.2 Å². The Balaban J connectivity index is 1.65. The van der Waals surface area contributed by atoms with E-state index in [2.05, 4.69) is 0 Å². The lowest BCUT2D eigenvalue weighted by atomic mass is 9.96. The van der Waals surface area contributed by atoms with Gasteiger partial charge >= 0.3 is 0 Å². The van der Waals surface area contributed by atoms with Gasteiger partial charge in [-0.3, -0.25) is 4.79 Å². The van der Waals surface area contributed by atoms with E-state index in [0.717, 1.165) is 6.07 Å². The summed E-state index contributed by atoms with van der Waals surface area (Å²) in [5, 5.41) is 0. The molecule has 0 unspecified atom stereocenters. The van der Waals surface area contributed by atoms with E-state index in [1.165, 1.54) is 34.6 Å². The number of nitrogens with zero attached hydrogens (tertiary/aromatic N) is 2. The van der Waals surface area contributed by atoms with Crippen molar-refractivity contribution in [3.8, 4) is 0 Å². The molecule has 1 heterocycles. The predicted molar refractivity (Wildman–Crippen MR) is 105 cm³/mol. The van der Waals surface area contributed by atoms with Crippen molar-refractivity contribution >= 4 is 15.9 Å². The second kappa shape index (κ2) is 9.00. The summed E-state index contributed by atoms with van der Waals surface area (Å²) in [7, 11) is -3.93. The van der Waals surface area contributed by atoms with Gasteiger partial charge in [0.25, 0.3) is 0 Å². The number of piperidine rings is 1. The Hall–Kier alpha value is -2.32. The summed E-state index contributed by atoms with van der Waals surface area (Å²) in [6.45, 7) is 2.95. The number of halogens is 2. The van der Waals surface area contributed by atoms with Gasteiger partial charge in [0.1, 0.15) is 16.5 Å². The van der Waals surface area contributed by atoms with Crippen LogP contribution in [-0.2, 0) is 21.4 Å². The molecule has 8 heteroatoms. The van der Waals surface area contributed by atoms with Gasteiger partial charge in [-0.05, 0) is 49.6 Å². The van der Waals surface area contributed by atoms with Gasteiger partial charge in [-0.15, -0.1) is 0 Å². The van der Waals surface area contributed by atoms with Gasteiger partial charge in [-0.1, -0.05) is 24.3 Å². The van der Waals surface area contributed by atoms with Gasteiger partial charge in [0, 0.05) is 32.1 Å². The van der Waals surface area contributed by atoms with Crippen LogP contribution < -0.4 is 0 Å². The zero-order valence-corrected chi connectivity index (χ0v) is 17.0. The lowest BCUT2D eigenvalue weighted by molar-refractivity contribution is -0.137. The summed E-state index contributed by atoms with van der Waals surface area (Å²) in [5.41, 5.74) is 0.708. The third-order valence-electron chi connectivity index (χ3n) is 5.21. The minimum atomic E-state index is -3.93. The van der Waals surface area contributed by atoms with E-state index < -0.39 is 15.8 Å². The van der Waals surface area contributed by atoms with Crippen molar-refractivity contribution in [1.82, 2.24) is 9.21 Å². The van der Waals surface area contributed by atoms with E-state index in [1.54, 1.807) is 17.0 Å². The smallest absolute Gasteiger partial charge is 0.245 e. The first kappa shape index (κ1) is 21.4. The molecule has 2 aromatic rings. The summed E-state index contributed by atoms with van der Waals surface area (Å²) in [5.74, 6) is -1.51. The summed E-state index contributed by atoms with van der Waals surface area (Å²) in [6.07, 6.45) is 0.734. The highest BCUT2D eigenvalue weighted by atomic mass is 32.2. The molecule has 0 radical (unpaired) electrons. The third kappa shape index (κ3) is 4.82. The number of rotatable bonds is 6. The summed E-state index contributed by atoms with van der Waals surface area (Å²) >= 11 is 0. The van der Waals surface area contributed by atoms with Crippen LogP contribution in [0.15, 0.2) is 53.4 Å². The third-order valence-corrected chi connectivity index (χ3v) is 7.15. The second-order valence-electron chi connectivity index (χ2n) is 7.09. The van der Waals surface area contributed by atoms with E-state index in [1.807, 2.05) is 6.92 Å². The summed E-state index contributed by atoms with van der Waals surface area (Å²) in [4.78, 5) is 14.2. The Kier molecular flexibility index (Phi) is 6.64. The van der Waals surface area contributed by atoms with E-state index in [4.69, 9.17) is 0 Å². The van der Waals surface area contributed by atoms with Gasteiger partial charge < -0.3 is 4.90 Å². The molecule has 0 N–H and O–H groups in total. The topological polar surface area (TPSA) is 57.7 Å². The zero-order chi connectivity index (χ0) is 21.0. The SMILES string of the molecule is CCN(Cc1cccc(F)c1)C(=O)C1CCN(S(=O)(=O)c2ccccc2F)CC1. The molecule has 0 saturated carbocycles. The van der Waals surface area contributed by atoms with Crippen LogP contribution in [0.25, 0.3) is 0 Å². The molecule has 0 bridgehead atoms. The van der Waals surface area contributed by atoms with Crippen molar-refractivity contribution in [2.75, 3.05) is 19.6 Å². The Bertz CT molecular complexity index is 973. The first-order chi connectivity index (χ1) is 13.8. The monoisotopic (exact) mass is 422 g/mol. The molecule has 5 nitrogen and oxygen atoms in total. The fraction of sp³-hybridized carbons (Fsp3) is 0.381. The van der Waals surface area contributed by atoms with Gasteiger partial charge in [0.2, 0.25) is 15.9 Å². The molecule has 0 aromatic heterocycles. The summed E-state index contributed by atoms with van der Waals surface area (Å²) in [6, 6.07) is 11.4. The van der Waals surface area contributed by atoms with E-state index in [0.29, 0.717) is 31.5 Å². The largest absolute Gasteiger partial charge is 0.338 e. The molecule has 3 rings (SSSR count). The average molecular weight is 422 g/mol. The number of sulfonamides is 1. The molecule has 1 aliphatic rings. The molecule has 0 aliphatic carbocycles. The normalized spacial score (nSPS) is 16.0. The van der Waals surface area contributed by atoms with Gasteiger partial charge in [-0.2, -0.15) is 4.31 Å². The lowest BCUT2D eigenvalue weighted by Gasteiger charge is -2.33. The Morgan fingerprint density at radius 3 is 2.41 bits per heavy atom. The van der Waals surface area contributed by atoms with Crippen LogP contribution in [-0.4, -0.2) is 43.2 Å². The highest BCUT2D eigenvalue weighted by Crippen LogP contribution is 2.26. The van der Waals surface area contributed by atoms with E-state index >= 15 is 0 Å². The van der Waals surface area contributed by atoms with Crippen LogP contribution in [0.5, 0.6) is 0 Å². The molecular formula is C21H24F2N2O3S. The van der Waals surface area contributed by atoms with Crippen LogP contribution in [0.2, 0.25) is 0 Å². The highest BCUT2D eigenvalue weighted by Gasteiger charge is 2.34. The molecule has 1 amide bonds. The lowest BCUT2D eigenvalue weighted by Crippen LogP contribution is -2.44. The maximum absolute atomic E-state index is 13.9. The van der Waals surface area contributed by atoms with Gasteiger partial charge in [0.15, 0.2) is 0 Å². The fourth-order valence-electron chi connectivity index (χ4n) is 3.60. The molecule has 1 saturated heterocycles. The molecule has 1 aliphatic heterocycles. The molecule has 2 aromatic carbocycles. The van der Waals surface area contributed by atoms with Crippen molar-refractivity contribution in [3.05, 3.63) is 65.7 Å². The predicted octanol–water partition coefficient (Wildman–Crippen LogP) is 3.41. The van der Waals surface area contributed by atoms with Crippen LogP contribution in [0.1, 0.15) is 25.3 Å². The Morgan fingerprint density at radius 1 is 1.10 bits per heavy atom. The van der Waals surface area contributed by atoms with E-state index in [-0.39, 0.29) is 35.6 Å². The van der Waals surface area contributed by atoms with Crippen LogP contribution in [0.3, 0.4) is 0 Å². The number of benzene rings is 2. The number of amides is 1. The van der Waals surface area contributed by atoms with Gasteiger partial charge in [-0.25, -0.2) is 17.2 Å². The van der Waals surface area contributed by atoms with Gasteiger partial charge in [0.05, 0.1) is 0 Å². The number of hydrogen-bond acceptors (Lipinski definition) is 3. The second-order valence-corrected chi connectivity index (χ2v) is 9.00. The van der Waals surface area contributed by atoms with Crippen molar-refractivity contribution in [2.24, 2.45) is 5.92 Å². The molecular weight excluding hydrogens is 398 g/mol. The van der Waals surface area contributed by atoms with Crippen molar-refractivity contribution < 1.29 is 22.0 Å². The zero-order valence-electron chi connectivity index (χ0n) is 16.2. The number of carbonyl (C=O) groups is 1. The first-order valence-corrected chi connectivity index (χ1v) is 11.0. The molecule has 0 atom stereocenters. The number of carbonyl (C=O) groups excluding carboxylic acids is 1. The van der Waals surface area contributed by atoms with E-state index in [9.17, 15) is 22.0 Å². The fourth-order valence-corrected chi connectivity index (χ4v) is 5.13. The Morgan fingerprint density at radius 2 is 1.79 bits per heavy atom. The molecule has 1 fully saturated rings. The maximum Gasteiger partial charge on any atom is 0.245 e. The van der Waals surface area contributed by atoms with Crippen LogP contribution in [0, 0.1) is 17.6 Å². The Labute approximate surface area is 170 Å². The average Bonchev–Trinajstić information content (AvgIpc) is 2.72. The van der Waals surface area contributed by atoms with Crippen LogP contribution >= 0.6 is 0 Å². The minimum absolute atomic E-state index is 0.0697. The quantitative estimate of drug-likeness (QED) is 0.717. The molecule has 0 spiro atoms. The van der Waals surface area contributed by atoms with Crippen LogP contribution in [0.4, 0.5) is 8.78 Å². The number of hydrogen-bond donors (Lipinski definition) is 0. The molecule has 156 valence electrons. The highest BCUT2D eigenvalue weighted by molar-refractivity contribution is 7.89.